The van der Waals surface area contributed by atoms with Gasteiger partial charge in [-0.05, 0) is 24.6 Å². The van der Waals surface area contributed by atoms with Gasteiger partial charge in [0.25, 0.3) is 5.49 Å². The van der Waals surface area contributed by atoms with E-state index in [1.807, 2.05) is 17.8 Å². The zero-order valence-electron chi connectivity index (χ0n) is 13.6. The highest BCUT2D eigenvalue weighted by molar-refractivity contribution is 6.31. The average Bonchev–Trinajstić information content (AvgIpc) is 2.91. The summed E-state index contributed by atoms with van der Waals surface area (Å²) in [6.07, 6.45) is 5.67. The Morgan fingerprint density at radius 2 is 2.12 bits per heavy atom. The number of hydrogen-bond acceptors (Lipinski definition) is 5. The Morgan fingerprint density at radius 1 is 1.32 bits per heavy atom. The van der Waals surface area contributed by atoms with Crippen LogP contribution in [0.5, 0.6) is 5.75 Å². The van der Waals surface area contributed by atoms with E-state index in [0.717, 1.165) is 24.1 Å². The topological polar surface area (TPSA) is 70.6 Å². The summed E-state index contributed by atoms with van der Waals surface area (Å²) in [6, 6.07) is 3.30. The summed E-state index contributed by atoms with van der Waals surface area (Å²) < 4.78 is 7.23. The fraction of sp³-hybridized carbons (Fsp3) is 0.333. The maximum atomic E-state index is 10.2. The van der Waals surface area contributed by atoms with Crippen molar-refractivity contribution in [1.82, 2.24) is 9.97 Å². The highest BCUT2D eigenvalue weighted by atomic mass is 35.5. The van der Waals surface area contributed by atoms with Crippen LogP contribution in [0.15, 0.2) is 23.4 Å². The number of rotatable bonds is 2. The third kappa shape index (κ3) is 2.44. The van der Waals surface area contributed by atoms with Gasteiger partial charge in [0.05, 0.1) is 31.0 Å². The number of halogens is 1. The maximum Gasteiger partial charge on any atom is 0.252 e. The molecule has 5 rings (SSSR count). The van der Waals surface area contributed by atoms with Gasteiger partial charge in [0.2, 0.25) is 6.20 Å². The normalized spacial score (nSPS) is 27.6. The first-order valence-corrected chi connectivity index (χ1v) is 8.62. The number of phenolic OH excluding ortho intramolecular Hbond substituents is 1. The minimum absolute atomic E-state index is 0.0930. The van der Waals surface area contributed by atoms with Crippen LogP contribution in [0.2, 0.25) is 5.02 Å². The van der Waals surface area contributed by atoms with Crippen molar-refractivity contribution in [2.24, 2.45) is 22.9 Å². The van der Waals surface area contributed by atoms with Gasteiger partial charge in [-0.1, -0.05) is 16.3 Å². The van der Waals surface area contributed by atoms with Crippen LogP contribution < -0.4 is 10.8 Å². The lowest BCUT2D eigenvalue weighted by molar-refractivity contribution is -0.424. The van der Waals surface area contributed by atoms with Gasteiger partial charge in [-0.25, -0.2) is 9.97 Å². The lowest BCUT2D eigenvalue weighted by Crippen LogP contribution is -2.28. The molecular formula is C18H16ClN4O2+. The molecule has 2 fully saturated rings. The van der Waals surface area contributed by atoms with Crippen molar-refractivity contribution in [3.8, 4) is 17.0 Å². The molecule has 0 bridgehead atoms. The SMILES string of the molecule is Cc1cc(Cl)cc(O)c1-c1cnc2c(n1)=N/[N+](=C\C1[C@H]3COC[C@@H]13)C=2. The van der Waals surface area contributed by atoms with Gasteiger partial charge in [0, 0.05) is 27.5 Å². The van der Waals surface area contributed by atoms with Crippen LogP contribution in [0.25, 0.3) is 17.5 Å². The number of benzene rings is 1. The van der Waals surface area contributed by atoms with Crippen LogP contribution in [-0.4, -0.2) is 39.2 Å². The monoisotopic (exact) mass is 355 g/mol. The number of fused-ring (bicyclic) bond motifs is 2. The molecule has 0 amide bonds. The summed E-state index contributed by atoms with van der Waals surface area (Å²) in [5, 5.41) is 16.0. The number of nitrogens with zero attached hydrogens (tertiary/aromatic N) is 4. The number of aryl methyl sites for hydroxylation is 1. The van der Waals surface area contributed by atoms with Gasteiger partial charge in [-0.3, -0.25) is 0 Å². The molecule has 1 aromatic carbocycles. The van der Waals surface area contributed by atoms with Gasteiger partial charge < -0.3 is 9.84 Å². The maximum absolute atomic E-state index is 10.2. The number of aromatic nitrogens is 2. The minimum atomic E-state index is 0.0930. The second-order valence-electron chi connectivity index (χ2n) is 6.78. The van der Waals surface area contributed by atoms with E-state index in [1.165, 1.54) is 6.07 Å². The van der Waals surface area contributed by atoms with Gasteiger partial charge in [0.15, 0.2) is 11.6 Å². The summed E-state index contributed by atoms with van der Waals surface area (Å²) in [5.74, 6) is 1.90. The first-order valence-electron chi connectivity index (χ1n) is 8.24. The molecule has 3 atom stereocenters. The second-order valence-corrected chi connectivity index (χ2v) is 7.22. The summed E-state index contributed by atoms with van der Waals surface area (Å²) in [6.45, 7) is 3.58. The molecule has 3 aliphatic rings. The fourth-order valence-electron chi connectivity index (χ4n) is 3.75. The molecule has 0 spiro atoms. The molecule has 1 saturated heterocycles. The Kier molecular flexibility index (Phi) is 3.20. The Balaban J connectivity index is 1.53. The Morgan fingerprint density at radius 3 is 2.88 bits per heavy atom. The standard InChI is InChI=1S/C18H15ClN4O2/c1-9-2-10(19)3-16(24)17(9)14-4-20-15-6-23(22-18(15)21-14)5-11-12-7-25-8-13(11)12/h2-6,11-13H,7-8H2,1H3/p+1/b23-5-/t11?,12-,13+. The first kappa shape index (κ1) is 15.0. The molecule has 1 aliphatic carbocycles. The van der Waals surface area contributed by atoms with Crippen molar-refractivity contribution >= 4 is 24.0 Å². The van der Waals surface area contributed by atoms with Crippen LogP contribution in [-0.2, 0) is 4.74 Å². The molecule has 1 aromatic heterocycles. The van der Waals surface area contributed by atoms with Crippen molar-refractivity contribution in [3.05, 3.63) is 39.8 Å². The van der Waals surface area contributed by atoms with E-state index in [4.69, 9.17) is 16.3 Å². The number of phenols is 1. The summed E-state index contributed by atoms with van der Waals surface area (Å²) in [7, 11) is 0. The minimum Gasteiger partial charge on any atom is -0.507 e. The molecule has 1 unspecified atom stereocenters. The molecule has 7 heteroatoms. The van der Waals surface area contributed by atoms with Crippen LogP contribution in [0.1, 0.15) is 5.56 Å². The molecule has 2 aromatic rings. The molecular weight excluding hydrogens is 340 g/mol. The van der Waals surface area contributed by atoms with Crippen LogP contribution in [0, 0.1) is 24.7 Å². The molecule has 1 N–H and O–H groups in total. The smallest absolute Gasteiger partial charge is 0.252 e. The molecule has 25 heavy (non-hydrogen) atoms. The third-order valence-corrected chi connectivity index (χ3v) is 5.34. The zero-order chi connectivity index (χ0) is 17.1. The van der Waals surface area contributed by atoms with Crippen molar-refractivity contribution in [3.63, 3.8) is 0 Å². The number of hydrogen-bond donors (Lipinski definition) is 1. The summed E-state index contributed by atoms with van der Waals surface area (Å²) in [5.41, 5.74) is 2.62. The second kappa shape index (κ2) is 5.34. The van der Waals surface area contributed by atoms with E-state index in [9.17, 15) is 5.11 Å². The number of ether oxygens (including phenoxy) is 1. The fourth-order valence-corrected chi connectivity index (χ4v) is 4.02. The Labute approximate surface area is 148 Å². The van der Waals surface area contributed by atoms with Crippen LogP contribution in [0.3, 0.4) is 0 Å². The van der Waals surface area contributed by atoms with E-state index in [0.29, 0.717) is 39.5 Å². The predicted octanol–water partition coefficient (Wildman–Crippen LogP) is 1.07. The van der Waals surface area contributed by atoms with Crippen molar-refractivity contribution in [2.75, 3.05) is 13.2 Å². The summed E-state index contributed by atoms with van der Waals surface area (Å²) in [4.78, 5) is 9.02. The largest absolute Gasteiger partial charge is 0.507 e. The van der Waals surface area contributed by atoms with Gasteiger partial charge >= 0.3 is 0 Å². The first-order chi connectivity index (χ1) is 12.1. The highest BCUT2D eigenvalue weighted by Gasteiger charge is 2.55. The van der Waals surface area contributed by atoms with Crippen molar-refractivity contribution in [1.29, 1.82) is 0 Å². The molecule has 0 radical (unpaired) electrons. The lowest BCUT2D eigenvalue weighted by Gasteiger charge is -2.07. The van der Waals surface area contributed by atoms with E-state index in [-0.39, 0.29) is 5.75 Å². The van der Waals surface area contributed by atoms with Gasteiger partial charge in [-0.15, -0.1) is 0 Å². The molecule has 2 aliphatic heterocycles. The van der Waals surface area contributed by atoms with Crippen LogP contribution >= 0.6 is 11.6 Å². The number of aromatic hydroxyl groups is 1. The molecule has 3 heterocycles. The van der Waals surface area contributed by atoms with E-state index in [1.54, 1.807) is 12.3 Å². The van der Waals surface area contributed by atoms with Crippen LogP contribution in [0.4, 0.5) is 0 Å². The lowest BCUT2D eigenvalue weighted by atomic mass is 10.0. The third-order valence-electron chi connectivity index (χ3n) is 5.13. The van der Waals surface area contributed by atoms with E-state index >= 15 is 0 Å². The van der Waals surface area contributed by atoms with Gasteiger partial charge in [-0.2, -0.15) is 0 Å². The average molecular weight is 356 g/mol. The van der Waals surface area contributed by atoms with Crippen molar-refractivity contribution in [2.45, 2.75) is 6.92 Å². The quantitative estimate of drug-likeness (QED) is 0.818. The molecule has 6 nitrogen and oxygen atoms in total. The highest BCUT2D eigenvalue weighted by Crippen LogP contribution is 2.49. The van der Waals surface area contributed by atoms with E-state index in [2.05, 4.69) is 21.3 Å². The summed E-state index contributed by atoms with van der Waals surface area (Å²) >= 11 is 5.98. The van der Waals surface area contributed by atoms with Crippen molar-refractivity contribution < 1.29 is 14.5 Å². The van der Waals surface area contributed by atoms with E-state index < -0.39 is 0 Å². The Bertz CT molecular complexity index is 1020. The van der Waals surface area contributed by atoms with Gasteiger partial charge in [0.1, 0.15) is 5.75 Å². The molecule has 126 valence electrons. The molecule has 1 saturated carbocycles. The zero-order valence-corrected chi connectivity index (χ0v) is 14.3. The predicted molar refractivity (Wildman–Crippen MR) is 91.7 cm³/mol. The Hall–Kier alpha value is -2.31.